The molecule has 0 unspecified atom stereocenters. The first-order valence-electron chi connectivity index (χ1n) is 5.16. The summed E-state index contributed by atoms with van der Waals surface area (Å²) in [5.41, 5.74) is 0.311. The quantitative estimate of drug-likeness (QED) is 0.390. The Morgan fingerprint density at radius 2 is 1.89 bits per heavy atom. The molecule has 1 aromatic heterocycles. The van der Waals surface area contributed by atoms with Gasteiger partial charge in [0.1, 0.15) is 5.82 Å². The predicted molar refractivity (Wildman–Crippen MR) is 63.3 cm³/mol. The third-order valence-corrected chi connectivity index (χ3v) is 2.33. The van der Waals surface area contributed by atoms with Crippen LogP contribution in [-0.4, -0.2) is 21.7 Å². The minimum absolute atomic E-state index is 0.179. The molecule has 0 saturated carbocycles. The van der Waals surface area contributed by atoms with Gasteiger partial charge in [-0.2, -0.15) is 0 Å². The molecular formula is C13H9FN2O2. The number of carbonyl (C=O) groups is 1. The van der Waals surface area contributed by atoms with Crippen molar-refractivity contribution in [3.8, 4) is 0 Å². The Hall–Kier alpha value is -2.56. The monoisotopic (exact) mass is 244 g/mol. The van der Waals surface area contributed by atoms with E-state index >= 15 is 0 Å². The largest absolute Gasteiger partial charge is 0.410 e. The number of rotatable bonds is 3. The molecule has 0 aliphatic heterocycles. The van der Waals surface area contributed by atoms with Crippen molar-refractivity contribution in [2.75, 3.05) is 0 Å². The Kier molecular flexibility index (Phi) is 3.43. The van der Waals surface area contributed by atoms with Crippen LogP contribution < -0.4 is 0 Å². The molecule has 4 nitrogen and oxygen atoms in total. The molecule has 0 spiro atoms. The van der Waals surface area contributed by atoms with E-state index in [0.29, 0.717) is 0 Å². The van der Waals surface area contributed by atoms with Gasteiger partial charge in [0.15, 0.2) is 5.71 Å². The van der Waals surface area contributed by atoms with E-state index in [-0.39, 0.29) is 17.0 Å². The van der Waals surface area contributed by atoms with Gasteiger partial charge in [-0.3, -0.25) is 9.78 Å². The van der Waals surface area contributed by atoms with E-state index in [1.165, 1.54) is 30.5 Å². The van der Waals surface area contributed by atoms with Crippen molar-refractivity contribution in [1.29, 1.82) is 0 Å². The second-order valence-electron chi connectivity index (χ2n) is 3.50. The molecule has 0 bridgehead atoms. The van der Waals surface area contributed by atoms with Crippen molar-refractivity contribution in [3.05, 3.63) is 65.7 Å². The maximum Gasteiger partial charge on any atom is 0.216 e. The summed E-state index contributed by atoms with van der Waals surface area (Å²) >= 11 is 0. The van der Waals surface area contributed by atoms with Crippen molar-refractivity contribution in [1.82, 2.24) is 4.98 Å². The van der Waals surface area contributed by atoms with Crippen LogP contribution in [0.15, 0.2) is 53.8 Å². The first kappa shape index (κ1) is 11.9. The number of ketones is 1. The van der Waals surface area contributed by atoms with E-state index in [2.05, 4.69) is 10.1 Å². The van der Waals surface area contributed by atoms with E-state index in [1.807, 2.05) is 0 Å². The summed E-state index contributed by atoms with van der Waals surface area (Å²) < 4.78 is 12.8. The molecule has 0 aliphatic rings. The number of hydrogen-bond donors (Lipinski definition) is 1. The smallest absolute Gasteiger partial charge is 0.216 e. The number of oxime groups is 1. The van der Waals surface area contributed by atoms with Crippen LogP contribution in [0.3, 0.4) is 0 Å². The fraction of sp³-hybridized carbons (Fsp3) is 0. The first-order valence-corrected chi connectivity index (χ1v) is 5.16. The maximum absolute atomic E-state index is 12.8. The molecule has 0 aliphatic carbocycles. The first-order chi connectivity index (χ1) is 8.72. The lowest BCUT2D eigenvalue weighted by Crippen LogP contribution is -2.17. The van der Waals surface area contributed by atoms with Crippen LogP contribution in [0.2, 0.25) is 0 Å². The molecule has 2 rings (SSSR count). The highest BCUT2D eigenvalue weighted by Gasteiger charge is 2.17. The average Bonchev–Trinajstić information content (AvgIpc) is 2.41. The highest BCUT2D eigenvalue weighted by atomic mass is 19.1. The molecule has 1 N–H and O–H groups in total. The standard InChI is InChI=1S/C13H9FN2O2/c14-10-6-4-9(5-7-10)13(17)12(16-18)11-3-1-2-8-15-11/h1-8,18H. The van der Waals surface area contributed by atoms with Crippen molar-refractivity contribution < 1.29 is 14.4 Å². The lowest BCUT2D eigenvalue weighted by Gasteiger charge is -2.02. The molecule has 0 fully saturated rings. The fourth-order valence-electron chi connectivity index (χ4n) is 1.45. The minimum Gasteiger partial charge on any atom is -0.410 e. The lowest BCUT2D eigenvalue weighted by atomic mass is 10.0. The van der Waals surface area contributed by atoms with Gasteiger partial charge in [0, 0.05) is 11.8 Å². The van der Waals surface area contributed by atoms with E-state index in [4.69, 9.17) is 5.21 Å². The van der Waals surface area contributed by atoms with Crippen molar-refractivity contribution >= 4 is 11.5 Å². The predicted octanol–water partition coefficient (Wildman–Crippen LogP) is 2.28. The minimum atomic E-state index is -0.517. The Bertz CT molecular complexity index is 580. The number of hydrogen-bond acceptors (Lipinski definition) is 4. The van der Waals surface area contributed by atoms with Gasteiger partial charge in [-0.05, 0) is 36.4 Å². The Balaban J connectivity index is 2.35. The normalized spacial score (nSPS) is 11.3. The summed E-state index contributed by atoms with van der Waals surface area (Å²) in [6.45, 7) is 0. The van der Waals surface area contributed by atoms with Crippen LogP contribution in [0.25, 0.3) is 0 Å². The number of nitrogens with zero attached hydrogens (tertiary/aromatic N) is 2. The van der Waals surface area contributed by atoms with Crippen LogP contribution in [-0.2, 0) is 0 Å². The average molecular weight is 244 g/mol. The number of halogens is 1. The van der Waals surface area contributed by atoms with E-state index < -0.39 is 11.6 Å². The summed E-state index contributed by atoms with van der Waals surface area (Å²) in [7, 11) is 0. The number of Topliss-reactive ketones (excluding diaryl/α,β-unsaturated/α-hetero) is 1. The molecule has 18 heavy (non-hydrogen) atoms. The SMILES string of the molecule is O=C(C(=NO)c1ccccn1)c1ccc(F)cc1. The van der Waals surface area contributed by atoms with E-state index in [9.17, 15) is 9.18 Å². The van der Waals surface area contributed by atoms with Gasteiger partial charge >= 0.3 is 0 Å². The van der Waals surface area contributed by atoms with Crippen LogP contribution in [0.4, 0.5) is 4.39 Å². The van der Waals surface area contributed by atoms with Gasteiger partial charge in [0.05, 0.1) is 5.69 Å². The summed E-state index contributed by atoms with van der Waals surface area (Å²) in [6, 6.07) is 9.89. The number of carbonyl (C=O) groups excluding carboxylic acids is 1. The number of benzene rings is 1. The zero-order chi connectivity index (χ0) is 13.0. The lowest BCUT2D eigenvalue weighted by molar-refractivity contribution is 0.106. The van der Waals surface area contributed by atoms with Crippen molar-refractivity contribution in [3.63, 3.8) is 0 Å². The highest BCUT2D eigenvalue weighted by molar-refractivity contribution is 6.50. The fourth-order valence-corrected chi connectivity index (χ4v) is 1.45. The summed E-state index contributed by atoms with van der Waals surface area (Å²) in [6.07, 6.45) is 1.48. The third kappa shape index (κ3) is 2.40. The Labute approximate surface area is 102 Å². The summed E-state index contributed by atoms with van der Waals surface area (Å²) in [5.74, 6) is -0.955. The van der Waals surface area contributed by atoms with Gasteiger partial charge in [-0.1, -0.05) is 11.2 Å². The second kappa shape index (κ2) is 5.18. The Morgan fingerprint density at radius 1 is 1.17 bits per heavy atom. The second-order valence-corrected chi connectivity index (χ2v) is 3.50. The van der Waals surface area contributed by atoms with E-state index in [0.717, 1.165) is 0 Å². The van der Waals surface area contributed by atoms with Crippen molar-refractivity contribution in [2.45, 2.75) is 0 Å². The van der Waals surface area contributed by atoms with Gasteiger partial charge in [-0.15, -0.1) is 0 Å². The summed E-state index contributed by atoms with van der Waals surface area (Å²) in [5, 5.41) is 11.9. The van der Waals surface area contributed by atoms with Gasteiger partial charge in [-0.25, -0.2) is 4.39 Å². The third-order valence-electron chi connectivity index (χ3n) is 2.33. The van der Waals surface area contributed by atoms with Gasteiger partial charge in [0.2, 0.25) is 5.78 Å². The molecule has 0 radical (unpaired) electrons. The van der Waals surface area contributed by atoms with Gasteiger partial charge in [0.25, 0.3) is 0 Å². The molecule has 2 aromatic rings. The topological polar surface area (TPSA) is 62.5 Å². The molecule has 5 heteroatoms. The zero-order valence-electron chi connectivity index (χ0n) is 9.25. The Morgan fingerprint density at radius 3 is 2.44 bits per heavy atom. The number of aromatic nitrogens is 1. The van der Waals surface area contributed by atoms with Crippen LogP contribution in [0.1, 0.15) is 16.1 Å². The molecule has 0 saturated heterocycles. The maximum atomic E-state index is 12.8. The van der Waals surface area contributed by atoms with E-state index in [1.54, 1.807) is 18.2 Å². The molecular weight excluding hydrogens is 235 g/mol. The van der Waals surface area contributed by atoms with Crippen LogP contribution >= 0.6 is 0 Å². The molecule has 0 amide bonds. The number of pyridine rings is 1. The molecule has 1 heterocycles. The molecule has 0 atom stereocenters. The molecule has 1 aromatic carbocycles. The van der Waals surface area contributed by atoms with Gasteiger partial charge < -0.3 is 5.21 Å². The molecule has 90 valence electrons. The zero-order valence-corrected chi connectivity index (χ0v) is 9.25. The summed E-state index contributed by atoms with van der Waals surface area (Å²) in [4.78, 5) is 16.0. The van der Waals surface area contributed by atoms with Crippen molar-refractivity contribution in [2.24, 2.45) is 5.16 Å². The van der Waals surface area contributed by atoms with Crippen LogP contribution in [0, 0.1) is 5.82 Å². The highest BCUT2D eigenvalue weighted by Crippen LogP contribution is 2.08. The van der Waals surface area contributed by atoms with Crippen LogP contribution in [0.5, 0.6) is 0 Å².